The molecule has 198 valence electrons. The lowest BCUT2D eigenvalue weighted by atomic mass is 9.93. The molecule has 3 amide bonds. The normalized spacial score (nSPS) is 12.8. The summed E-state index contributed by atoms with van der Waals surface area (Å²) >= 11 is 6.37. The molecular weight excluding hydrogens is 490 g/mol. The second kappa shape index (κ2) is 12.2. The van der Waals surface area contributed by atoms with Gasteiger partial charge in [-0.05, 0) is 75.8 Å². The lowest BCUT2D eigenvalue weighted by molar-refractivity contribution is -0.137. The topological polar surface area (TPSA) is 87.7 Å². The Kier molecular flexibility index (Phi) is 9.77. The molecule has 0 aliphatic carbocycles. The maximum atomic E-state index is 13.9. The van der Waals surface area contributed by atoms with Gasteiger partial charge in [-0.1, -0.05) is 62.2 Å². The Morgan fingerprint density at radius 3 is 2.03 bits per heavy atom. The van der Waals surface area contributed by atoms with E-state index >= 15 is 0 Å². The van der Waals surface area contributed by atoms with E-state index in [1.807, 2.05) is 45.0 Å². The minimum atomic E-state index is -1.18. The summed E-state index contributed by atoms with van der Waals surface area (Å²) in [6.45, 7) is 14.2. The summed E-state index contributed by atoms with van der Waals surface area (Å²) in [6, 6.07) is 11.0. The lowest BCUT2D eigenvalue weighted by Crippen LogP contribution is -2.53. The first-order valence-electron chi connectivity index (χ1n) is 12.1. The van der Waals surface area contributed by atoms with Gasteiger partial charge in [-0.15, -0.1) is 0 Å². The van der Waals surface area contributed by atoms with Crippen molar-refractivity contribution in [3.8, 4) is 12.5 Å². The Labute approximate surface area is 224 Å². The molecule has 7 nitrogen and oxygen atoms in total. The smallest absolute Gasteiger partial charge is 0.408 e. The standard InChI is InChI=1S/C29H36ClN3O4/c1-10-33(27(35)23(17(2)3)32-28(36)37-29(7,8)9)25(22-18(4)13-11-14-19(22)5)26(34)31-24-20(6)15-12-16-21(24)30/h1,11-17,23,25H,2-9H3,(H,31,34)(H,32,36). The fourth-order valence-corrected chi connectivity index (χ4v) is 4.25. The van der Waals surface area contributed by atoms with Gasteiger partial charge in [-0.3, -0.25) is 14.5 Å². The fraction of sp³-hybridized carbons (Fsp3) is 0.414. The van der Waals surface area contributed by atoms with Gasteiger partial charge in [0.2, 0.25) is 0 Å². The number of ether oxygens (including phenoxy) is 1. The molecule has 2 atom stereocenters. The number of carbonyl (C=O) groups is 3. The van der Waals surface area contributed by atoms with E-state index in [0.717, 1.165) is 21.6 Å². The van der Waals surface area contributed by atoms with Crippen LogP contribution >= 0.6 is 11.6 Å². The molecule has 37 heavy (non-hydrogen) atoms. The number of benzene rings is 2. The predicted octanol–water partition coefficient (Wildman–Crippen LogP) is 5.91. The highest BCUT2D eigenvalue weighted by molar-refractivity contribution is 6.34. The fourth-order valence-electron chi connectivity index (χ4n) is 3.98. The van der Waals surface area contributed by atoms with Crippen LogP contribution in [0.5, 0.6) is 0 Å². The predicted molar refractivity (Wildman–Crippen MR) is 147 cm³/mol. The number of hydrogen-bond acceptors (Lipinski definition) is 4. The van der Waals surface area contributed by atoms with Crippen molar-refractivity contribution in [3.63, 3.8) is 0 Å². The highest BCUT2D eigenvalue weighted by atomic mass is 35.5. The quantitative estimate of drug-likeness (QED) is 0.347. The number of carbonyl (C=O) groups excluding carboxylic acids is 3. The third-order valence-corrected chi connectivity index (χ3v) is 6.09. The molecule has 8 heteroatoms. The van der Waals surface area contributed by atoms with Crippen LogP contribution in [0.15, 0.2) is 36.4 Å². The van der Waals surface area contributed by atoms with E-state index in [4.69, 9.17) is 22.8 Å². The monoisotopic (exact) mass is 525 g/mol. The minimum Gasteiger partial charge on any atom is -0.444 e. The third-order valence-electron chi connectivity index (χ3n) is 5.77. The Morgan fingerprint density at radius 2 is 1.54 bits per heavy atom. The number of alkyl carbamates (subject to hydrolysis) is 1. The van der Waals surface area contributed by atoms with E-state index < -0.39 is 35.6 Å². The molecule has 0 spiro atoms. The van der Waals surface area contributed by atoms with Crippen molar-refractivity contribution in [2.75, 3.05) is 5.32 Å². The van der Waals surface area contributed by atoms with Crippen LogP contribution in [-0.4, -0.2) is 34.5 Å². The highest BCUT2D eigenvalue weighted by Gasteiger charge is 2.38. The lowest BCUT2D eigenvalue weighted by Gasteiger charge is -2.33. The number of amides is 3. The minimum absolute atomic E-state index is 0.344. The van der Waals surface area contributed by atoms with Crippen LogP contribution in [-0.2, 0) is 14.3 Å². The number of nitrogens with one attached hydrogen (secondary N) is 2. The van der Waals surface area contributed by atoms with Crippen molar-refractivity contribution < 1.29 is 19.1 Å². The average Bonchev–Trinajstić information content (AvgIpc) is 2.77. The molecule has 0 aliphatic heterocycles. The van der Waals surface area contributed by atoms with Crippen molar-refractivity contribution in [1.29, 1.82) is 0 Å². The molecule has 2 N–H and O–H groups in total. The van der Waals surface area contributed by atoms with E-state index in [1.165, 1.54) is 0 Å². The van der Waals surface area contributed by atoms with Crippen molar-refractivity contribution in [1.82, 2.24) is 10.2 Å². The number of terminal acetylenes is 1. The van der Waals surface area contributed by atoms with Gasteiger partial charge in [0.15, 0.2) is 0 Å². The number of halogens is 1. The SMILES string of the molecule is C#CN(C(=O)C(NC(=O)OC(C)(C)C)C(C)C)C(C(=O)Nc1c(C)cccc1Cl)c1c(C)cccc1C. The molecule has 0 fully saturated rings. The van der Waals surface area contributed by atoms with E-state index in [2.05, 4.69) is 16.7 Å². The maximum Gasteiger partial charge on any atom is 0.408 e. The summed E-state index contributed by atoms with van der Waals surface area (Å²) in [7, 11) is 0. The molecule has 2 aromatic carbocycles. The van der Waals surface area contributed by atoms with Crippen LogP contribution in [0.2, 0.25) is 5.02 Å². The Morgan fingerprint density at radius 1 is 1.00 bits per heavy atom. The zero-order valence-electron chi connectivity index (χ0n) is 22.7. The van der Waals surface area contributed by atoms with E-state index in [0.29, 0.717) is 16.3 Å². The molecular formula is C29H36ClN3O4. The Hall–Kier alpha value is -3.50. The zero-order chi connectivity index (χ0) is 28.1. The van der Waals surface area contributed by atoms with Crippen LogP contribution in [0.4, 0.5) is 10.5 Å². The van der Waals surface area contributed by atoms with Crippen LogP contribution in [0.1, 0.15) is 62.9 Å². The number of rotatable bonds is 7. The molecule has 0 aliphatic rings. The molecule has 0 saturated heterocycles. The van der Waals surface area contributed by atoms with Gasteiger partial charge in [-0.25, -0.2) is 4.79 Å². The second-order valence-corrected chi connectivity index (χ2v) is 10.7. The molecule has 2 rings (SSSR count). The summed E-state index contributed by atoms with van der Waals surface area (Å²) in [4.78, 5) is 41.3. The molecule has 2 unspecified atom stereocenters. The zero-order valence-corrected chi connectivity index (χ0v) is 23.5. The molecule has 0 heterocycles. The van der Waals surface area contributed by atoms with E-state index in [9.17, 15) is 14.4 Å². The number of anilines is 1. The van der Waals surface area contributed by atoms with Gasteiger partial charge in [0.05, 0.1) is 10.7 Å². The Balaban J connectivity index is 2.57. The van der Waals surface area contributed by atoms with Gasteiger partial charge in [0.25, 0.3) is 11.8 Å². The van der Waals surface area contributed by atoms with Crippen LogP contribution < -0.4 is 10.6 Å². The van der Waals surface area contributed by atoms with Crippen molar-refractivity contribution in [3.05, 3.63) is 63.7 Å². The summed E-state index contributed by atoms with van der Waals surface area (Å²) < 4.78 is 5.35. The van der Waals surface area contributed by atoms with Gasteiger partial charge in [0.1, 0.15) is 17.7 Å². The highest BCUT2D eigenvalue weighted by Crippen LogP contribution is 2.32. The van der Waals surface area contributed by atoms with Crippen molar-refractivity contribution in [2.45, 2.75) is 73.1 Å². The summed E-state index contributed by atoms with van der Waals surface area (Å²) in [5, 5.41) is 5.86. The van der Waals surface area contributed by atoms with Crippen molar-refractivity contribution in [2.24, 2.45) is 5.92 Å². The molecule has 0 aromatic heterocycles. The van der Waals surface area contributed by atoms with Gasteiger partial charge in [-0.2, -0.15) is 0 Å². The summed E-state index contributed by atoms with van der Waals surface area (Å²) in [5.41, 5.74) is 2.59. The van der Waals surface area contributed by atoms with Crippen molar-refractivity contribution >= 4 is 35.2 Å². The van der Waals surface area contributed by atoms with E-state index in [-0.39, 0.29) is 5.92 Å². The molecule has 2 aromatic rings. The largest absolute Gasteiger partial charge is 0.444 e. The first-order chi connectivity index (χ1) is 17.2. The summed E-state index contributed by atoms with van der Waals surface area (Å²) in [6.07, 6.45) is 5.13. The first-order valence-corrected chi connectivity index (χ1v) is 12.5. The molecule has 0 bridgehead atoms. The third kappa shape index (κ3) is 7.50. The maximum absolute atomic E-state index is 13.9. The first kappa shape index (κ1) is 29.7. The molecule has 0 saturated carbocycles. The number of nitrogens with zero attached hydrogens (tertiary/aromatic N) is 1. The summed E-state index contributed by atoms with van der Waals surface area (Å²) in [5.74, 6) is -1.48. The second-order valence-electron chi connectivity index (χ2n) is 10.3. The van der Waals surface area contributed by atoms with Gasteiger partial charge >= 0.3 is 6.09 Å². The van der Waals surface area contributed by atoms with Crippen LogP contribution in [0.3, 0.4) is 0 Å². The Bertz CT molecular complexity index is 1170. The molecule has 0 radical (unpaired) electrons. The van der Waals surface area contributed by atoms with Crippen LogP contribution in [0, 0.1) is 39.2 Å². The number of aryl methyl sites for hydroxylation is 3. The van der Waals surface area contributed by atoms with Gasteiger partial charge < -0.3 is 15.4 Å². The number of para-hydroxylation sites is 1. The average molecular weight is 526 g/mol. The number of hydrogen-bond donors (Lipinski definition) is 2. The van der Waals surface area contributed by atoms with Gasteiger partial charge in [0, 0.05) is 6.04 Å². The van der Waals surface area contributed by atoms with Crippen LogP contribution in [0.25, 0.3) is 0 Å². The van der Waals surface area contributed by atoms with E-state index in [1.54, 1.807) is 46.8 Å².